The van der Waals surface area contributed by atoms with Gasteiger partial charge in [0.25, 0.3) is 0 Å². The fourth-order valence-electron chi connectivity index (χ4n) is 2.66. The van der Waals surface area contributed by atoms with Crippen molar-refractivity contribution in [3.05, 3.63) is 22.8 Å². The van der Waals surface area contributed by atoms with E-state index in [0.717, 1.165) is 36.8 Å². The number of methoxy groups -OCH3 is 2. The average Bonchev–Trinajstić information content (AvgIpc) is 2.44. The molecule has 5 nitrogen and oxygen atoms in total. The standard InChI is InChI=1S/C14H18O5/c1-18-11-7-10(12(15)14(16)17)13(19-2)9-6-4-3-5-8(9)11/h7,12,15H,3-6H2,1-2H3,(H,16,17). The number of carboxylic acid groups (broad SMARTS) is 1. The second kappa shape index (κ2) is 5.48. The number of hydrogen-bond acceptors (Lipinski definition) is 4. The summed E-state index contributed by atoms with van der Waals surface area (Å²) in [6.07, 6.45) is 2.20. The van der Waals surface area contributed by atoms with Crippen LogP contribution in [0.2, 0.25) is 0 Å². The Labute approximate surface area is 111 Å². The third-order valence-electron chi connectivity index (χ3n) is 3.54. The van der Waals surface area contributed by atoms with Gasteiger partial charge in [0.05, 0.1) is 14.2 Å². The van der Waals surface area contributed by atoms with Gasteiger partial charge < -0.3 is 19.7 Å². The van der Waals surface area contributed by atoms with E-state index in [-0.39, 0.29) is 5.56 Å². The van der Waals surface area contributed by atoms with Crippen LogP contribution in [0.25, 0.3) is 0 Å². The molecule has 1 atom stereocenters. The molecule has 0 radical (unpaired) electrons. The Hall–Kier alpha value is -1.75. The van der Waals surface area contributed by atoms with Crippen LogP contribution >= 0.6 is 0 Å². The van der Waals surface area contributed by atoms with Gasteiger partial charge in [-0.1, -0.05) is 0 Å². The smallest absolute Gasteiger partial charge is 0.337 e. The minimum atomic E-state index is -1.60. The van der Waals surface area contributed by atoms with Crippen molar-refractivity contribution in [2.75, 3.05) is 14.2 Å². The fraction of sp³-hybridized carbons (Fsp3) is 0.500. The number of aliphatic hydroxyl groups excluding tert-OH is 1. The third kappa shape index (κ3) is 2.38. The van der Waals surface area contributed by atoms with Crippen LogP contribution in [-0.2, 0) is 17.6 Å². The summed E-state index contributed by atoms with van der Waals surface area (Å²) in [5.41, 5.74) is 2.28. The molecule has 0 saturated heterocycles. The van der Waals surface area contributed by atoms with Gasteiger partial charge in [0, 0.05) is 16.7 Å². The molecule has 0 spiro atoms. The Balaban J connectivity index is 2.63. The van der Waals surface area contributed by atoms with E-state index in [9.17, 15) is 9.90 Å². The maximum absolute atomic E-state index is 11.0. The number of carboxylic acids is 1. The van der Waals surface area contributed by atoms with Crippen LogP contribution in [0.1, 0.15) is 35.6 Å². The first kappa shape index (κ1) is 13.7. The van der Waals surface area contributed by atoms with Gasteiger partial charge >= 0.3 is 5.97 Å². The Morgan fingerprint density at radius 3 is 2.37 bits per heavy atom. The van der Waals surface area contributed by atoms with E-state index in [1.807, 2.05) is 0 Å². The van der Waals surface area contributed by atoms with Crippen molar-refractivity contribution in [2.24, 2.45) is 0 Å². The molecule has 1 unspecified atom stereocenters. The lowest BCUT2D eigenvalue weighted by molar-refractivity contribution is -0.147. The molecule has 5 heteroatoms. The minimum absolute atomic E-state index is 0.257. The Bertz CT molecular complexity index is 495. The summed E-state index contributed by atoms with van der Waals surface area (Å²) in [6.45, 7) is 0. The van der Waals surface area contributed by atoms with Crippen molar-refractivity contribution < 1.29 is 24.5 Å². The number of carbonyl (C=O) groups is 1. The lowest BCUT2D eigenvalue weighted by Crippen LogP contribution is -2.15. The van der Waals surface area contributed by atoms with Crippen molar-refractivity contribution in [3.8, 4) is 11.5 Å². The summed E-state index contributed by atoms with van der Waals surface area (Å²) in [5.74, 6) is -0.188. The summed E-state index contributed by atoms with van der Waals surface area (Å²) >= 11 is 0. The molecular formula is C14H18O5. The first-order chi connectivity index (χ1) is 9.10. The third-order valence-corrected chi connectivity index (χ3v) is 3.54. The highest BCUT2D eigenvalue weighted by atomic mass is 16.5. The zero-order valence-corrected chi connectivity index (χ0v) is 11.1. The lowest BCUT2D eigenvalue weighted by Gasteiger charge is -2.24. The van der Waals surface area contributed by atoms with Crippen LogP contribution in [0.3, 0.4) is 0 Å². The van der Waals surface area contributed by atoms with Crippen molar-refractivity contribution in [1.82, 2.24) is 0 Å². The minimum Gasteiger partial charge on any atom is -0.496 e. The molecule has 2 rings (SSSR count). The molecule has 2 N–H and O–H groups in total. The predicted molar refractivity (Wildman–Crippen MR) is 68.8 cm³/mol. The maximum atomic E-state index is 11.0. The second-order valence-corrected chi connectivity index (χ2v) is 4.61. The summed E-state index contributed by atoms with van der Waals surface area (Å²) in [7, 11) is 3.04. The van der Waals surface area contributed by atoms with Crippen molar-refractivity contribution >= 4 is 5.97 Å². The van der Waals surface area contributed by atoms with E-state index in [1.54, 1.807) is 13.2 Å². The average molecular weight is 266 g/mol. The number of benzene rings is 1. The molecule has 0 aromatic heterocycles. The van der Waals surface area contributed by atoms with Crippen LogP contribution < -0.4 is 9.47 Å². The molecule has 1 aromatic rings. The van der Waals surface area contributed by atoms with Gasteiger partial charge in [-0.05, 0) is 31.7 Å². The first-order valence-electron chi connectivity index (χ1n) is 6.27. The van der Waals surface area contributed by atoms with Gasteiger partial charge in [-0.25, -0.2) is 4.79 Å². The number of hydrogen-bond donors (Lipinski definition) is 2. The van der Waals surface area contributed by atoms with Gasteiger partial charge in [-0.15, -0.1) is 0 Å². The normalized spacial score (nSPS) is 15.5. The molecule has 19 heavy (non-hydrogen) atoms. The highest BCUT2D eigenvalue weighted by Gasteiger charge is 2.27. The van der Waals surface area contributed by atoms with Crippen LogP contribution in [0.15, 0.2) is 6.07 Å². The lowest BCUT2D eigenvalue weighted by atomic mass is 9.87. The van der Waals surface area contributed by atoms with E-state index < -0.39 is 12.1 Å². The highest BCUT2D eigenvalue weighted by molar-refractivity contribution is 5.76. The SMILES string of the molecule is COc1cc(C(O)C(=O)O)c(OC)c2c1CCCC2. The molecule has 104 valence electrons. The molecule has 1 aliphatic rings. The summed E-state index contributed by atoms with van der Waals surface area (Å²) < 4.78 is 10.7. The van der Waals surface area contributed by atoms with E-state index in [4.69, 9.17) is 14.6 Å². The Morgan fingerprint density at radius 2 is 1.84 bits per heavy atom. The van der Waals surface area contributed by atoms with Gasteiger partial charge in [0.15, 0.2) is 6.10 Å². The van der Waals surface area contributed by atoms with Gasteiger partial charge in [0.2, 0.25) is 0 Å². The molecular weight excluding hydrogens is 248 g/mol. The Morgan fingerprint density at radius 1 is 1.21 bits per heavy atom. The highest BCUT2D eigenvalue weighted by Crippen LogP contribution is 2.41. The van der Waals surface area contributed by atoms with Crippen LogP contribution in [0.5, 0.6) is 11.5 Å². The monoisotopic (exact) mass is 266 g/mol. The van der Waals surface area contributed by atoms with E-state index in [1.165, 1.54) is 7.11 Å². The van der Waals surface area contributed by atoms with Crippen LogP contribution in [0.4, 0.5) is 0 Å². The maximum Gasteiger partial charge on any atom is 0.337 e. The fourth-order valence-corrected chi connectivity index (χ4v) is 2.66. The van der Waals surface area contributed by atoms with Crippen molar-refractivity contribution in [2.45, 2.75) is 31.8 Å². The van der Waals surface area contributed by atoms with Crippen LogP contribution in [0, 0.1) is 0 Å². The number of fused-ring (bicyclic) bond motifs is 1. The van der Waals surface area contributed by atoms with Gasteiger partial charge in [0.1, 0.15) is 11.5 Å². The molecule has 1 aliphatic carbocycles. The molecule has 0 heterocycles. The number of ether oxygens (including phenoxy) is 2. The second-order valence-electron chi connectivity index (χ2n) is 4.61. The molecule has 0 aliphatic heterocycles. The summed E-state index contributed by atoms with van der Waals surface area (Å²) in [6, 6.07) is 1.57. The Kier molecular flexibility index (Phi) is 3.95. The van der Waals surface area contributed by atoms with Crippen molar-refractivity contribution in [3.63, 3.8) is 0 Å². The topological polar surface area (TPSA) is 76.0 Å². The quantitative estimate of drug-likeness (QED) is 0.867. The number of rotatable bonds is 4. The largest absolute Gasteiger partial charge is 0.496 e. The number of aliphatic carboxylic acids is 1. The number of aliphatic hydroxyl groups is 1. The van der Waals surface area contributed by atoms with E-state index in [2.05, 4.69) is 0 Å². The summed E-state index contributed by atoms with van der Waals surface area (Å²) in [4.78, 5) is 11.0. The zero-order valence-electron chi connectivity index (χ0n) is 11.1. The summed E-state index contributed by atoms with van der Waals surface area (Å²) in [5, 5.41) is 18.8. The molecule has 0 bridgehead atoms. The van der Waals surface area contributed by atoms with Gasteiger partial charge in [-0.2, -0.15) is 0 Å². The predicted octanol–water partition coefficient (Wildman–Crippen LogP) is 1.70. The van der Waals surface area contributed by atoms with Gasteiger partial charge in [-0.3, -0.25) is 0 Å². The molecule has 0 amide bonds. The first-order valence-corrected chi connectivity index (χ1v) is 6.27. The van der Waals surface area contributed by atoms with Crippen LogP contribution in [-0.4, -0.2) is 30.4 Å². The van der Waals surface area contributed by atoms with E-state index >= 15 is 0 Å². The molecule has 0 saturated carbocycles. The molecule has 0 fully saturated rings. The van der Waals surface area contributed by atoms with Crippen molar-refractivity contribution in [1.29, 1.82) is 0 Å². The molecule has 1 aromatic carbocycles. The van der Waals surface area contributed by atoms with E-state index in [0.29, 0.717) is 11.5 Å². The zero-order chi connectivity index (χ0) is 14.0.